The third kappa shape index (κ3) is 4.48. The zero-order chi connectivity index (χ0) is 20.6. The zero-order valence-corrected chi connectivity index (χ0v) is 17.9. The van der Waals surface area contributed by atoms with Crippen molar-refractivity contribution in [3.8, 4) is 0 Å². The number of benzene rings is 1. The molecule has 4 rings (SSSR count). The maximum Gasteiger partial charge on any atom is 0.414 e. The molecule has 1 aromatic rings. The number of thiocarbonyl (C=S) groups is 1. The smallest absolute Gasteiger partial charge is 0.414 e. The Hall–Kier alpha value is -1.94. The summed E-state index contributed by atoms with van der Waals surface area (Å²) in [7, 11) is -0.579. The molecule has 7 nitrogen and oxygen atoms in total. The molecule has 1 atom stereocenters. The van der Waals surface area contributed by atoms with Gasteiger partial charge in [0.05, 0.1) is 29.5 Å². The minimum Gasteiger partial charge on any atom is -0.442 e. The van der Waals surface area contributed by atoms with Gasteiger partial charge in [-0.2, -0.15) is 0 Å². The normalized spacial score (nSPS) is 23.7. The Morgan fingerprint density at radius 3 is 2.72 bits per heavy atom. The van der Waals surface area contributed by atoms with Gasteiger partial charge in [0.2, 0.25) is 0 Å². The van der Waals surface area contributed by atoms with Gasteiger partial charge in [0.25, 0.3) is 0 Å². The molecule has 1 N–H and O–H groups in total. The number of nitrogens with zero attached hydrogens (tertiary/aromatic N) is 3. The Morgan fingerprint density at radius 1 is 1.38 bits per heavy atom. The Bertz CT molecular complexity index is 929. The standard InChI is InChI=1S/C19H25FN4O3S2/c1-21-29(26)8-6-23(7-9-29)17-5-4-14(10-16(17)20)24-12-15(27-19(24)25)11-22-18(28)13-2-3-13/h4-5,10,13,15H,2-3,6-9,11-12H2,1H3,(H,22,28)/t15-/m0/s1. The quantitative estimate of drug-likeness (QED) is 0.709. The van der Waals surface area contributed by atoms with Crippen LogP contribution in [0.3, 0.4) is 0 Å². The summed E-state index contributed by atoms with van der Waals surface area (Å²) in [6.45, 7) is 1.80. The molecule has 2 aliphatic heterocycles. The van der Waals surface area contributed by atoms with Crippen LogP contribution in [0.25, 0.3) is 0 Å². The molecular weight excluding hydrogens is 415 g/mol. The van der Waals surface area contributed by atoms with Crippen LogP contribution in [0.1, 0.15) is 12.8 Å². The average Bonchev–Trinajstić information content (AvgIpc) is 3.50. The number of hydrogen-bond acceptors (Lipinski definition) is 6. The number of halogens is 1. The third-order valence-corrected chi connectivity index (χ3v) is 8.39. The molecule has 0 unspecified atom stereocenters. The summed E-state index contributed by atoms with van der Waals surface area (Å²) in [5, 5.41) is 3.17. The van der Waals surface area contributed by atoms with Crippen LogP contribution in [0.5, 0.6) is 0 Å². The second-order valence-electron chi connectivity index (χ2n) is 7.62. The number of cyclic esters (lactones) is 1. The van der Waals surface area contributed by atoms with Gasteiger partial charge in [-0.15, -0.1) is 0 Å². The van der Waals surface area contributed by atoms with E-state index in [2.05, 4.69) is 9.68 Å². The molecular formula is C19H25FN4O3S2. The molecule has 2 saturated heterocycles. The monoisotopic (exact) mass is 440 g/mol. The molecule has 10 heteroatoms. The van der Waals surface area contributed by atoms with Gasteiger partial charge < -0.3 is 15.0 Å². The van der Waals surface area contributed by atoms with E-state index in [1.165, 1.54) is 11.0 Å². The van der Waals surface area contributed by atoms with Crippen LogP contribution in [0.4, 0.5) is 20.6 Å². The van der Waals surface area contributed by atoms with Crippen LogP contribution >= 0.6 is 12.2 Å². The molecule has 2 heterocycles. The number of hydrogen-bond donors (Lipinski definition) is 1. The molecule has 1 amide bonds. The van der Waals surface area contributed by atoms with Gasteiger partial charge in [0.15, 0.2) is 0 Å². The van der Waals surface area contributed by atoms with Crippen LogP contribution in [0.2, 0.25) is 0 Å². The van der Waals surface area contributed by atoms with E-state index >= 15 is 0 Å². The van der Waals surface area contributed by atoms with Crippen molar-refractivity contribution in [3.63, 3.8) is 0 Å². The molecule has 1 aliphatic carbocycles. The second kappa shape index (κ2) is 8.06. The van der Waals surface area contributed by atoms with E-state index in [9.17, 15) is 13.4 Å². The molecule has 3 fully saturated rings. The van der Waals surface area contributed by atoms with Gasteiger partial charge in [-0.25, -0.2) is 17.8 Å². The highest BCUT2D eigenvalue weighted by molar-refractivity contribution is 7.93. The van der Waals surface area contributed by atoms with Crippen molar-refractivity contribution in [2.24, 2.45) is 10.3 Å². The molecule has 0 aromatic heterocycles. The molecule has 1 saturated carbocycles. The minimum absolute atomic E-state index is 0.324. The second-order valence-corrected chi connectivity index (χ2v) is 10.8. The van der Waals surface area contributed by atoms with Crippen molar-refractivity contribution in [2.45, 2.75) is 18.9 Å². The summed E-state index contributed by atoms with van der Waals surface area (Å²) in [5.41, 5.74) is 0.916. The van der Waals surface area contributed by atoms with E-state index in [4.69, 9.17) is 17.0 Å². The molecule has 1 aromatic carbocycles. The molecule has 3 aliphatic rings. The summed E-state index contributed by atoms with van der Waals surface area (Å²) in [5.74, 6) is 0.920. The van der Waals surface area contributed by atoms with Crippen LogP contribution in [0, 0.1) is 11.7 Å². The van der Waals surface area contributed by atoms with Gasteiger partial charge >= 0.3 is 6.09 Å². The predicted molar refractivity (Wildman–Crippen MR) is 116 cm³/mol. The summed E-state index contributed by atoms with van der Waals surface area (Å²) < 4.78 is 36.5. The Kier molecular flexibility index (Phi) is 5.65. The van der Waals surface area contributed by atoms with Gasteiger partial charge in [0, 0.05) is 47.3 Å². The fourth-order valence-corrected chi connectivity index (χ4v) is 5.51. The maximum atomic E-state index is 14.8. The van der Waals surface area contributed by atoms with Crippen molar-refractivity contribution >= 4 is 44.4 Å². The highest BCUT2D eigenvalue weighted by atomic mass is 32.2. The van der Waals surface area contributed by atoms with Crippen LogP contribution in [0.15, 0.2) is 22.6 Å². The first-order valence-electron chi connectivity index (χ1n) is 9.79. The van der Waals surface area contributed by atoms with E-state index in [1.54, 1.807) is 19.2 Å². The number of rotatable bonds is 5. The summed E-state index contributed by atoms with van der Waals surface area (Å²) in [4.78, 5) is 16.4. The van der Waals surface area contributed by atoms with Crippen LogP contribution in [-0.4, -0.2) is 66.1 Å². The van der Waals surface area contributed by atoms with Crippen molar-refractivity contribution in [1.82, 2.24) is 5.32 Å². The first-order valence-corrected chi connectivity index (χ1v) is 12.1. The number of anilines is 2. The minimum atomic E-state index is -2.15. The fraction of sp³-hybridized carbons (Fsp3) is 0.579. The SMILES string of the molecule is CN=S1(=O)CCN(c2ccc(N3C[C@H](CNC(=S)C4CC4)OC3=O)cc2F)CC1. The lowest BCUT2D eigenvalue weighted by atomic mass is 10.2. The largest absolute Gasteiger partial charge is 0.442 e. The van der Waals surface area contributed by atoms with Crippen LogP contribution < -0.4 is 15.1 Å². The third-order valence-electron chi connectivity index (χ3n) is 5.60. The zero-order valence-electron chi connectivity index (χ0n) is 16.3. The number of nitrogens with one attached hydrogen (secondary N) is 1. The first kappa shape index (κ1) is 20.3. The van der Waals surface area contributed by atoms with Crippen molar-refractivity contribution in [2.75, 3.05) is 54.5 Å². The lowest BCUT2D eigenvalue weighted by Crippen LogP contribution is -2.40. The number of ether oxygens (including phenoxy) is 1. The van der Waals surface area contributed by atoms with E-state index in [1.807, 2.05) is 4.90 Å². The topological polar surface area (TPSA) is 74.2 Å². The van der Waals surface area contributed by atoms with Crippen molar-refractivity contribution in [1.29, 1.82) is 0 Å². The van der Waals surface area contributed by atoms with E-state index < -0.39 is 21.6 Å². The maximum absolute atomic E-state index is 14.8. The molecule has 0 radical (unpaired) electrons. The van der Waals surface area contributed by atoms with E-state index in [0.29, 0.717) is 55.0 Å². The van der Waals surface area contributed by atoms with E-state index in [0.717, 1.165) is 17.8 Å². The first-order chi connectivity index (χ1) is 13.9. The Morgan fingerprint density at radius 2 is 2.10 bits per heavy atom. The van der Waals surface area contributed by atoms with Gasteiger partial charge in [-0.1, -0.05) is 12.2 Å². The highest BCUT2D eigenvalue weighted by Gasteiger charge is 2.34. The summed E-state index contributed by atoms with van der Waals surface area (Å²) in [6.07, 6.45) is 1.43. The van der Waals surface area contributed by atoms with Gasteiger partial charge in [-0.05, 0) is 31.0 Å². The predicted octanol–water partition coefficient (Wildman–Crippen LogP) is 2.40. The van der Waals surface area contributed by atoms with Crippen LogP contribution in [-0.2, 0) is 14.5 Å². The van der Waals surface area contributed by atoms with Gasteiger partial charge in [0.1, 0.15) is 11.9 Å². The lowest BCUT2D eigenvalue weighted by Gasteiger charge is -2.31. The Labute approximate surface area is 175 Å². The number of carbonyl (C=O) groups excluding carboxylic acids is 1. The lowest BCUT2D eigenvalue weighted by molar-refractivity contribution is 0.143. The highest BCUT2D eigenvalue weighted by Crippen LogP contribution is 2.30. The van der Waals surface area contributed by atoms with E-state index in [-0.39, 0.29) is 6.10 Å². The molecule has 158 valence electrons. The summed E-state index contributed by atoms with van der Waals surface area (Å²) >= 11 is 5.30. The van der Waals surface area contributed by atoms with Crippen molar-refractivity contribution < 1.29 is 18.1 Å². The Balaban J connectivity index is 1.39. The fourth-order valence-electron chi connectivity index (χ4n) is 3.61. The number of amides is 1. The average molecular weight is 441 g/mol. The van der Waals surface area contributed by atoms with Crippen molar-refractivity contribution in [3.05, 3.63) is 24.0 Å². The molecule has 29 heavy (non-hydrogen) atoms. The van der Waals surface area contributed by atoms with Gasteiger partial charge in [-0.3, -0.25) is 4.90 Å². The molecule has 0 bridgehead atoms. The summed E-state index contributed by atoms with van der Waals surface area (Å²) in [6, 6.07) is 4.75. The number of carbonyl (C=O) groups is 1. The molecule has 0 spiro atoms.